The molecule has 0 amide bonds. The molecule has 122 valence electrons. The van der Waals surface area contributed by atoms with Crippen molar-refractivity contribution in [1.82, 2.24) is 10.6 Å². The van der Waals surface area contributed by atoms with Gasteiger partial charge in [0.25, 0.3) is 0 Å². The molecule has 0 aliphatic rings. The predicted octanol–water partition coefficient (Wildman–Crippen LogP) is 2.93. The highest BCUT2D eigenvalue weighted by molar-refractivity contribution is 7.80. The number of anilines is 1. The summed E-state index contributed by atoms with van der Waals surface area (Å²) in [5.41, 5.74) is 3.50. The van der Waals surface area contributed by atoms with Crippen LogP contribution < -0.4 is 20.3 Å². The summed E-state index contributed by atoms with van der Waals surface area (Å²) >= 11 is 5.33. The molecule has 0 heterocycles. The average molecular weight is 329 g/mol. The van der Waals surface area contributed by atoms with E-state index in [4.69, 9.17) is 17.0 Å². The second-order valence-corrected chi connectivity index (χ2v) is 5.86. The van der Waals surface area contributed by atoms with E-state index >= 15 is 0 Å². The van der Waals surface area contributed by atoms with Crippen LogP contribution in [0.1, 0.15) is 11.1 Å². The zero-order valence-electron chi connectivity index (χ0n) is 13.8. The number of hydrogen-bond donors (Lipinski definition) is 2. The fourth-order valence-electron chi connectivity index (χ4n) is 2.15. The maximum absolute atomic E-state index is 5.33. The van der Waals surface area contributed by atoms with Crippen LogP contribution >= 0.6 is 12.2 Å². The Morgan fingerprint density at radius 2 is 1.61 bits per heavy atom. The van der Waals surface area contributed by atoms with Crippen molar-refractivity contribution in [2.45, 2.75) is 13.1 Å². The Hall–Kier alpha value is -2.27. The molecule has 0 spiro atoms. The van der Waals surface area contributed by atoms with Crippen LogP contribution in [-0.4, -0.2) is 26.3 Å². The molecule has 2 aromatic rings. The minimum Gasteiger partial charge on any atom is -0.497 e. The van der Waals surface area contributed by atoms with Crippen LogP contribution in [0.5, 0.6) is 5.75 Å². The monoisotopic (exact) mass is 329 g/mol. The average Bonchev–Trinajstić information content (AvgIpc) is 2.58. The molecule has 0 saturated carbocycles. The highest BCUT2D eigenvalue weighted by atomic mass is 32.1. The molecule has 0 fully saturated rings. The third-order valence-electron chi connectivity index (χ3n) is 3.47. The Labute approximate surface area is 143 Å². The first-order valence-electron chi connectivity index (χ1n) is 7.49. The lowest BCUT2D eigenvalue weighted by Crippen LogP contribution is -2.34. The van der Waals surface area contributed by atoms with Crippen LogP contribution in [0.15, 0.2) is 48.5 Å². The summed E-state index contributed by atoms with van der Waals surface area (Å²) in [6, 6.07) is 16.3. The Kier molecular flexibility index (Phi) is 6.23. The van der Waals surface area contributed by atoms with Gasteiger partial charge >= 0.3 is 0 Å². The van der Waals surface area contributed by atoms with E-state index < -0.39 is 0 Å². The van der Waals surface area contributed by atoms with Crippen LogP contribution in [0.25, 0.3) is 0 Å². The predicted molar refractivity (Wildman–Crippen MR) is 100 cm³/mol. The van der Waals surface area contributed by atoms with Gasteiger partial charge < -0.3 is 20.3 Å². The van der Waals surface area contributed by atoms with Gasteiger partial charge in [0.1, 0.15) is 5.75 Å². The van der Waals surface area contributed by atoms with Crippen molar-refractivity contribution in [3.63, 3.8) is 0 Å². The number of benzene rings is 2. The molecule has 4 nitrogen and oxygen atoms in total. The molecule has 0 aliphatic heterocycles. The zero-order chi connectivity index (χ0) is 16.7. The molecule has 0 aromatic heterocycles. The van der Waals surface area contributed by atoms with E-state index in [0.717, 1.165) is 11.3 Å². The van der Waals surface area contributed by atoms with Gasteiger partial charge in [-0.15, -0.1) is 0 Å². The van der Waals surface area contributed by atoms with Crippen molar-refractivity contribution in [1.29, 1.82) is 0 Å². The van der Waals surface area contributed by atoms with Crippen molar-refractivity contribution in [3.8, 4) is 5.75 Å². The lowest BCUT2D eigenvalue weighted by Gasteiger charge is -2.15. The zero-order valence-corrected chi connectivity index (χ0v) is 14.6. The van der Waals surface area contributed by atoms with Crippen molar-refractivity contribution >= 4 is 23.0 Å². The fourth-order valence-corrected chi connectivity index (χ4v) is 2.30. The molecule has 2 N–H and O–H groups in total. The van der Waals surface area contributed by atoms with E-state index in [9.17, 15) is 0 Å². The van der Waals surface area contributed by atoms with Gasteiger partial charge in [-0.2, -0.15) is 0 Å². The summed E-state index contributed by atoms with van der Waals surface area (Å²) in [4.78, 5) is 2.09. The van der Waals surface area contributed by atoms with Gasteiger partial charge in [0.15, 0.2) is 5.11 Å². The summed E-state index contributed by atoms with van der Waals surface area (Å²) < 4.78 is 5.22. The quantitative estimate of drug-likeness (QED) is 0.797. The lowest BCUT2D eigenvalue weighted by atomic mass is 10.2. The smallest absolute Gasteiger partial charge is 0.166 e. The molecule has 5 heteroatoms. The van der Waals surface area contributed by atoms with Crippen LogP contribution in [0.3, 0.4) is 0 Å². The first-order chi connectivity index (χ1) is 11.1. The Balaban J connectivity index is 1.82. The second kappa shape index (κ2) is 8.39. The molecule has 23 heavy (non-hydrogen) atoms. The number of nitrogens with one attached hydrogen (secondary N) is 2. The Morgan fingerprint density at radius 3 is 2.22 bits per heavy atom. The number of thiocarbonyl (C=S) groups is 1. The van der Waals surface area contributed by atoms with E-state index in [1.54, 1.807) is 7.11 Å². The number of hydrogen-bond acceptors (Lipinski definition) is 3. The van der Waals surface area contributed by atoms with Crippen LogP contribution in [0.4, 0.5) is 5.69 Å². The van der Waals surface area contributed by atoms with Crippen molar-refractivity contribution in [2.75, 3.05) is 26.1 Å². The second-order valence-electron chi connectivity index (χ2n) is 5.45. The number of nitrogens with zero attached hydrogens (tertiary/aromatic N) is 1. The maximum Gasteiger partial charge on any atom is 0.166 e. The Morgan fingerprint density at radius 1 is 1.00 bits per heavy atom. The van der Waals surface area contributed by atoms with E-state index in [-0.39, 0.29) is 0 Å². The SMILES string of the molecule is COc1cccc(CNC(=S)NCc2cccc(N(C)C)c2)c1. The fraction of sp³-hybridized carbons (Fsp3) is 0.278. The summed E-state index contributed by atoms with van der Waals surface area (Å²) in [5, 5.41) is 7.09. The molecule has 2 aromatic carbocycles. The topological polar surface area (TPSA) is 36.5 Å². The Bertz CT molecular complexity index is 658. The molecule has 0 bridgehead atoms. The summed E-state index contributed by atoms with van der Waals surface area (Å²) in [7, 11) is 5.74. The third-order valence-corrected chi connectivity index (χ3v) is 3.76. The summed E-state index contributed by atoms with van der Waals surface area (Å²) in [6.45, 7) is 1.37. The van der Waals surface area contributed by atoms with Crippen LogP contribution in [0, 0.1) is 0 Å². The van der Waals surface area contributed by atoms with E-state index in [1.165, 1.54) is 11.3 Å². The number of methoxy groups -OCH3 is 1. The molecular weight excluding hydrogens is 306 g/mol. The first kappa shape index (κ1) is 17.1. The summed E-state index contributed by atoms with van der Waals surface area (Å²) in [5.74, 6) is 0.851. The van der Waals surface area contributed by atoms with Gasteiger partial charge in [-0.25, -0.2) is 0 Å². The minimum atomic E-state index is 0.642. The molecule has 0 unspecified atom stereocenters. The maximum atomic E-state index is 5.33. The molecule has 0 atom stereocenters. The largest absolute Gasteiger partial charge is 0.497 e. The van der Waals surface area contributed by atoms with Gasteiger partial charge in [0.05, 0.1) is 7.11 Å². The van der Waals surface area contributed by atoms with E-state index in [1.807, 2.05) is 38.4 Å². The molecule has 2 rings (SSSR count). The minimum absolute atomic E-state index is 0.642. The standard InChI is InChI=1S/C18H23N3OS/c1-21(2)16-8-4-6-14(10-16)12-19-18(23)20-13-15-7-5-9-17(11-15)22-3/h4-11H,12-13H2,1-3H3,(H2,19,20,23). The van der Waals surface area contributed by atoms with Crippen LogP contribution in [-0.2, 0) is 13.1 Å². The molecule has 0 radical (unpaired) electrons. The highest BCUT2D eigenvalue weighted by Gasteiger charge is 2.01. The molecular formula is C18H23N3OS. The van der Waals surface area contributed by atoms with Gasteiger partial charge in [0, 0.05) is 32.9 Å². The first-order valence-corrected chi connectivity index (χ1v) is 7.90. The third kappa shape index (κ3) is 5.45. The number of rotatable bonds is 6. The molecule has 0 aliphatic carbocycles. The van der Waals surface area contributed by atoms with Crippen molar-refractivity contribution in [3.05, 3.63) is 59.7 Å². The summed E-state index contributed by atoms with van der Waals surface area (Å²) in [6.07, 6.45) is 0. The normalized spacial score (nSPS) is 10.0. The van der Waals surface area contributed by atoms with Gasteiger partial charge in [0.2, 0.25) is 0 Å². The van der Waals surface area contributed by atoms with Gasteiger partial charge in [-0.05, 0) is 47.6 Å². The number of ether oxygens (including phenoxy) is 1. The molecule has 0 saturated heterocycles. The highest BCUT2D eigenvalue weighted by Crippen LogP contribution is 2.13. The van der Waals surface area contributed by atoms with Crippen molar-refractivity contribution < 1.29 is 4.74 Å². The van der Waals surface area contributed by atoms with Crippen molar-refractivity contribution in [2.24, 2.45) is 0 Å². The van der Waals surface area contributed by atoms with Gasteiger partial charge in [-0.3, -0.25) is 0 Å². The van der Waals surface area contributed by atoms with Gasteiger partial charge in [-0.1, -0.05) is 24.3 Å². The van der Waals surface area contributed by atoms with E-state index in [2.05, 4.69) is 39.8 Å². The lowest BCUT2D eigenvalue weighted by molar-refractivity contribution is 0.414. The van der Waals surface area contributed by atoms with E-state index in [0.29, 0.717) is 18.2 Å². The van der Waals surface area contributed by atoms with Crippen LogP contribution in [0.2, 0.25) is 0 Å².